The van der Waals surface area contributed by atoms with Crippen LogP contribution in [0.3, 0.4) is 0 Å². The molecule has 0 aliphatic heterocycles. The molecule has 1 unspecified atom stereocenters. The zero-order valence-electron chi connectivity index (χ0n) is 13.6. The number of benzene rings is 2. The number of hydrogen-bond donors (Lipinski definition) is 2. The summed E-state index contributed by atoms with van der Waals surface area (Å²) in [5.41, 5.74) is 1.28. The minimum atomic E-state index is -0.251. The smallest absolute Gasteiger partial charge is 0.251 e. The van der Waals surface area contributed by atoms with Gasteiger partial charge >= 0.3 is 0 Å². The van der Waals surface area contributed by atoms with Gasteiger partial charge in [-0.3, -0.25) is 4.79 Å². The third kappa shape index (κ3) is 4.40. The summed E-state index contributed by atoms with van der Waals surface area (Å²) in [5, 5.41) is 12.4. The fraction of sp³-hybridized carbons (Fsp3) is 0.278. The monoisotopic (exact) mass is 349 g/mol. The average molecular weight is 350 g/mol. The maximum absolute atomic E-state index is 12.5. The van der Waals surface area contributed by atoms with Crippen molar-refractivity contribution in [2.24, 2.45) is 0 Å². The van der Waals surface area contributed by atoms with Crippen molar-refractivity contribution in [3.63, 3.8) is 0 Å². The van der Waals surface area contributed by atoms with E-state index in [4.69, 9.17) is 26.2 Å². The number of aliphatic hydroxyl groups is 1. The SMILES string of the molecule is COc1ccc(C(=O)NC(C)c2ccccc2Cl)cc1OCCO. The molecule has 0 aromatic heterocycles. The molecular formula is C18H20ClNO4. The van der Waals surface area contributed by atoms with Crippen LogP contribution in [0.25, 0.3) is 0 Å². The van der Waals surface area contributed by atoms with Crippen LogP contribution in [0.15, 0.2) is 42.5 Å². The van der Waals surface area contributed by atoms with Crippen LogP contribution in [0.2, 0.25) is 5.02 Å². The van der Waals surface area contributed by atoms with E-state index in [-0.39, 0.29) is 25.2 Å². The van der Waals surface area contributed by atoms with E-state index in [0.717, 1.165) is 5.56 Å². The van der Waals surface area contributed by atoms with Gasteiger partial charge in [0.05, 0.1) is 19.8 Å². The first kappa shape index (κ1) is 18.1. The standard InChI is InChI=1S/C18H20ClNO4/c1-12(14-5-3-4-6-15(14)19)20-18(22)13-7-8-16(23-2)17(11-13)24-10-9-21/h3-8,11-12,21H,9-10H2,1-2H3,(H,20,22). The number of amides is 1. The summed E-state index contributed by atoms with van der Waals surface area (Å²) < 4.78 is 10.6. The second-order valence-electron chi connectivity index (χ2n) is 5.15. The second-order valence-corrected chi connectivity index (χ2v) is 5.56. The topological polar surface area (TPSA) is 67.8 Å². The van der Waals surface area contributed by atoms with Crippen LogP contribution in [0.1, 0.15) is 28.9 Å². The molecule has 0 heterocycles. The van der Waals surface area contributed by atoms with Gasteiger partial charge in [-0.2, -0.15) is 0 Å². The third-order valence-corrected chi connectivity index (χ3v) is 3.84. The molecule has 0 spiro atoms. The van der Waals surface area contributed by atoms with Crippen molar-refractivity contribution in [1.29, 1.82) is 0 Å². The maximum Gasteiger partial charge on any atom is 0.251 e. The molecule has 2 aromatic carbocycles. The van der Waals surface area contributed by atoms with Crippen molar-refractivity contribution in [2.75, 3.05) is 20.3 Å². The van der Waals surface area contributed by atoms with E-state index in [9.17, 15) is 4.79 Å². The van der Waals surface area contributed by atoms with E-state index < -0.39 is 0 Å². The van der Waals surface area contributed by atoms with E-state index in [0.29, 0.717) is 22.1 Å². The van der Waals surface area contributed by atoms with Gasteiger partial charge in [-0.05, 0) is 36.8 Å². The normalized spacial score (nSPS) is 11.7. The van der Waals surface area contributed by atoms with Gasteiger partial charge < -0.3 is 19.9 Å². The predicted molar refractivity (Wildman–Crippen MR) is 92.9 cm³/mol. The Labute approximate surface area is 146 Å². The quantitative estimate of drug-likeness (QED) is 0.805. The Morgan fingerprint density at radius 2 is 2.00 bits per heavy atom. The van der Waals surface area contributed by atoms with Crippen molar-refractivity contribution in [2.45, 2.75) is 13.0 Å². The fourth-order valence-corrected chi connectivity index (χ4v) is 2.57. The van der Waals surface area contributed by atoms with E-state index in [2.05, 4.69) is 5.32 Å². The van der Waals surface area contributed by atoms with Gasteiger partial charge in [-0.15, -0.1) is 0 Å². The van der Waals surface area contributed by atoms with Gasteiger partial charge in [0, 0.05) is 10.6 Å². The van der Waals surface area contributed by atoms with Crippen LogP contribution in [-0.4, -0.2) is 31.3 Å². The van der Waals surface area contributed by atoms with Crippen molar-refractivity contribution in [1.82, 2.24) is 5.32 Å². The van der Waals surface area contributed by atoms with Gasteiger partial charge in [0.15, 0.2) is 11.5 Å². The number of hydrogen-bond acceptors (Lipinski definition) is 4. The number of ether oxygens (including phenoxy) is 2. The zero-order chi connectivity index (χ0) is 17.5. The lowest BCUT2D eigenvalue weighted by atomic mass is 10.1. The van der Waals surface area contributed by atoms with Crippen molar-refractivity contribution in [3.8, 4) is 11.5 Å². The molecule has 0 radical (unpaired) electrons. The van der Waals surface area contributed by atoms with Crippen molar-refractivity contribution < 1.29 is 19.4 Å². The van der Waals surface area contributed by atoms with E-state index >= 15 is 0 Å². The molecule has 1 atom stereocenters. The molecule has 2 N–H and O–H groups in total. The molecule has 0 saturated carbocycles. The van der Waals surface area contributed by atoms with Gasteiger partial charge in [-0.25, -0.2) is 0 Å². The summed E-state index contributed by atoms with van der Waals surface area (Å²) in [6.07, 6.45) is 0. The highest BCUT2D eigenvalue weighted by atomic mass is 35.5. The van der Waals surface area contributed by atoms with Crippen molar-refractivity contribution >= 4 is 17.5 Å². The van der Waals surface area contributed by atoms with E-state index in [1.165, 1.54) is 7.11 Å². The number of carbonyl (C=O) groups excluding carboxylic acids is 1. The molecule has 0 fully saturated rings. The molecule has 6 heteroatoms. The Hall–Kier alpha value is -2.24. The van der Waals surface area contributed by atoms with Crippen LogP contribution in [-0.2, 0) is 0 Å². The van der Waals surface area contributed by atoms with Crippen LogP contribution >= 0.6 is 11.6 Å². The lowest BCUT2D eigenvalue weighted by Crippen LogP contribution is -2.26. The fourth-order valence-electron chi connectivity index (χ4n) is 2.27. The number of methoxy groups -OCH3 is 1. The molecule has 2 rings (SSSR count). The Morgan fingerprint density at radius 1 is 1.25 bits per heavy atom. The van der Waals surface area contributed by atoms with Crippen LogP contribution in [0, 0.1) is 0 Å². The number of nitrogens with one attached hydrogen (secondary N) is 1. The highest BCUT2D eigenvalue weighted by Crippen LogP contribution is 2.28. The third-order valence-electron chi connectivity index (χ3n) is 3.49. The maximum atomic E-state index is 12.5. The van der Waals surface area contributed by atoms with Crippen LogP contribution in [0.5, 0.6) is 11.5 Å². The molecule has 2 aromatic rings. The number of rotatable bonds is 7. The minimum Gasteiger partial charge on any atom is -0.493 e. The first-order chi connectivity index (χ1) is 11.6. The van der Waals surface area contributed by atoms with Gasteiger partial charge in [0.2, 0.25) is 0 Å². The highest BCUT2D eigenvalue weighted by Gasteiger charge is 2.15. The van der Waals surface area contributed by atoms with Crippen molar-refractivity contribution in [3.05, 3.63) is 58.6 Å². The van der Waals surface area contributed by atoms with Gasteiger partial charge in [0.1, 0.15) is 6.61 Å². The Balaban J connectivity index is 2.16. The van der Waals surface area contributed by atoms with E-state index in [1.54, 1.807) is 24.3 Å². The molecular weight excluding hydrogens is 330 g/mol. The molecule has 0 saturated heterocycles. The second kappa shape index (κ2) is 8.57. The average Bonchev–Trinajstić information content (AvgIpc) is 2.59. The highest BCUT2D eigenvalue weighted by molar-refractivity contribution is 6.31. The Kier molecular flexibility index (Phi) is 6.46. The molecule has 0 bridgehead atoms. The first-order valence-electron chi connectivity index (χ1n) is 7.53. The zero-order valence-corrected chi connectivity index (χ0v) is 14.3. The lowest BCUT2D eigenvalue weighted by Gasteiger charge is -2.16. The summed E-state index contributed by atoms with van der Waals surface area (Å²) in [4.78, 5) is 12.5. The number of halogens is 1. The minimum absolute atomic E-state index is 0.122. The van der Waals surface area contributed by atoms with E-state index in [1.807, 2.05) is 25.1 Å². The van der Waals surface area contributed by atoms with Crippen LogP contribution < -0.4 is 14.8 Å². The predicted octanol–water partition coefficient (Wildman–Crippen LogP) is 3.21. The Morgan fingerprint density at radius 3 is 2.67 bits per heavy atom. The molecule has 1 amide bonds. The summed E-state index contributed by atoms with van der Waals surface area (Å²) in [5.74, 6) is 0.655. The van der Waals surface area contributed by atoms with Crippen LogP contribution in [0.4, 0.5) is 0 Å². The van der Waals surface area contributed by atoms with Gasteiger partial charge in [0.25, 0.3) is 5.91 Å². The first-order valence-corrected chi connectivity index (χ1v) is 7.91. The number of carbonyl (C=O) groups is 1. The Bertz CT molecular complexity index is 705. The molecule has 5 nitrogen and oxygen atoms in total. The summed E-state index contributed by atoms with van der Waals surface area (Å²) in [6.45, 7) is 1.87. The number of aliphatic hydroxyl groups excluding tert-OH is 1. The molecule has 0 aliphatic rings. The molecule has 0 aliphatic carbocycles. The summed E-state index contributed by atoms with van der Waals surface area (Å²) in [6, 6.07) is 12.0. The molecule has 128 valence electrons. The summed E-state index contributed by atoms with van der Waals surface area (Å²) >= 11 is 6.16. The lowest BCUT2D eigenvalue weighted by molar-refractivity contribution is 0.0939. The summed E-state index contributed by atoms with van der Waals surface area (Å²) in [7, 11) is 1.51. The largest absolute Gasteiger partial charge is 0.493 e. The molecule has 24 heavy (non-hydrogen) atoms. The van der Waals surface area contributed by atoms with Gasteiger partial charge in [-0.1, -0.05) is 29.8 Å².